The first-order valence-electron chi connectivity index (χ1n) is 7.35. The molecule has 1 aliphatic rings. The number of aliphatic carboxylic acids is 1. The lowest BCUT2D eigenvalue weighted by atomic mass is 10.1. The van der Waals surface area contributed by atoms with Crippen molar-refractivity contribution in [3.05, 3.63) is 29.8 Å². The van der Waals surface area contributed by atoms with Crippen molar-refractivity contribution >= 4 is 5.97 Å². The van der Waals surface area contributed by atoms with Crippen LogP contribution in [0.5, 0.6) is 5.75 Å². The van der Waals surface area contributed by atoms with Crippen LogP contribution in [0.1, 0.15) is 37.7 Å². The number of nitrogens with two attached hydrogens (primary N) is 1. The zero-order valence-corrected chi connectivity index (χ0v) is 11.8. The number of hydrogen-bond donors (Lipinski definition) is 2. The van der Waals surface area contributed by atoms with Crippen molar-refractivity contribution in [2.45, 2.75) is 44.6 Å². The molecule has 4 nitrogen and oxygen atoms in total. The molecule has 4 heteroatoms. The summed E-state index contributed by atoms with van der Waals surface area (Å²) in [5, 5.41) is 8.77. The normalized spacial score (nSPS) is 17.1. The Morgan fingerprint density at radius 2 is 1.95 bits per heavy atom. The first-order chi connectivity index (χ1) is 9.65. The highest BCUT2D eigenvalue weighted by molar-refractivity contribution is 5.73. The number of rotatable bonds is 7. The summed E-state index contributed by atoms with van der Waals surface area (Å²) in [6.07, 6.45) is 6.89. The predicted molar refractivity (Wildman–Crippen MR) is 77.8 cm³/mol. The molecule has 1 aliphatic carbocycles. The van der Waals surface area contributed by atoms with Crippen LogP contribution < -0.4 is 10.5 Å². The van der Waals surface area contributed by atoms with Crippen LogP contribution in [0.2, 0.25) is 0 Å². The van der Waals surface area contributed by atoms with Crippen molar-refractivity contribution in [3.8, 4) is 5.75 Å². The number of ether oxygens (including phenoxy) is 1. The van der Waals surface area contributed by atoms with Crippen molar-refractivity contribution in [2.75, 3.05) is 6.61 Å². The molecule has 0 unspecified atom stereocenters. The van der Waals surface area contributed by atoms with Crippen molar-refractivity contribution in [3.63, 3.8) is 0 Å². The molecule has 1 aromatic carbocycles. The van der Waals surface area contributed by atoms with Gasteiger partial charge in [0, 0.05) is 0 Å². The van der Waals surface area contributed by atoms with Gasteiger partial charge in [0.25, 0.3) is 0 Å². The van der Waals surface area contributed by atoms with E-state index in [4.69, 9.17) is 15.6 Å². The van der Waals surface area contributed by atoms with E-state index < -0.39 is 12.0 Å². The summed E-state index contributed by atoms with van der Waals surface area (Å²) >= 11 is 0. The third-order valence-electron chi connectivity index (χ3n) is 3.97. The van der Waals surface area contributed by atoms with E-state index in [9.17, 15) is 4.79 Å². The molecule has 0 saturated heterocycles. The second-order valence-electron chi connectivity index (χ2n) is 5.58. The summed E-state index contributed by atoms with van der Waals surface area (Å²) in [7, 11) is 0. The molecule has 0 amide bonds. The van der Waals surface area contributed by atoms with Gasteiger partial charge in [-0.05, 0) is 36.5 Å². The average molecular weight is 277 g/mol. The minimum Gasteiger partial charge on any atom is -0.494 e. The van der Waals surface area contributed by atoms with Gasteiger partial charge in [-0.15, -0.1) is 0 Å². The molecule has 0 spiro atoms. The first kappa shape index (κ1) is 14.9. The lowest BCUT2D eigenvalue weighted by Crippen LogP contribution is -2.32. The van der Waals surface area contributed by atoms with E-state index >= 15 is 0 Å². The highest BCUT2D eigenvalue weighted by Crippen LogP contribution is 2.27. The first-order valence-corrected chi connectivity index (χ1v) is 7.35. The fourth-order valence-electron chi connectivity index (χ4n) is 2.71. The second-order valence-corrected chi connectivity index (χ2v) is 5.58. The number of benzene rings is 1. The van der Waals surface area contributed by atoms with E-state index in [1.54, 1.807) is 0 Å². The third kappa shape index (κ3) is 4.53. The molecule has 2 rings (SSSR count). The van der Waals surface area contributed by atoms with Crippen LogP contribution in [0, 0.1) is 5.92 Å². The maximum atomic E-state index is 10.7. The number of carbonyl (C=O) groups is 1. The summed E-state index contributed by atoms with van der Waals surface area (Å²) in [4.78, 5) is 10.7. The SMILES string of the molecule is N[C@@H](Cc1ccc(OCCC2CCCC2)cc1)C(=O)O. The highest BCUT2D eigenvalue weighted by atomic mass is 16.5. The topological polar surface area (TPSA) is 72.5 Å². The Labute approximate surface area is 119 Å². The van der Waals surface area contributed by atoms with Gasteiger partial charge in [0.15, 0.2) is 0 Å². The predicted octanol–water partition coefficient (Wildman–Crippen LogP) is 2.60. The molecule has 20 heavy (non-hydrogen) atoms. The van der Waals surface area contributed by atoms with Gasteiger partial charge in [-0.3, -0.25) is 4.79 Å². The summed E-state index contributed by atoms with van der Waals surface area (Å²) in [5.74, 6) is 0.709. The van der Waals surface area contributed by atoms with Gasteiger partial charge < -0.3 is 15.6 Å². The van der Waals surface area contributed by atoms with E-state index in [0.717, 1.165) is 30.3 Å². The molecule has 0 bridgehead atoms. The second kappa shape index (κ2) is 7.29. The van der Waals surface area contributed by atoms with Gasteiger partial charge in [0.05, 0.1) is 6.61 Å². The van der Waals surface area contributed by atoms with Crippen LogP contribution >= 0.6 is 0 Å². The van der Waals surface area contributed by atoms with E-state index in [1.165, 1.54) is 25.7 Å². The summed E-state index contributed by atoms with van der Waals surface area (Å²) in [6, 6.07) is 6.70. The monoisotopic (exact) mass is 277 g/mol. The zero-order valence-electron chi connectivity index (χ0n) is 11.8. The van der Waals surface area contributed by atoms with Crippen LogP contribution in [0.15, 0.2) is 24.3 Å². The molecular formula is C16H23NO3. The third-order valence-corrected chi connectivity index (χ3v) is 3.97. The van der Waals surface area contributed by atoms with E-state index in [-0.39, 0.29) is 0 Å². The minimum absolute atomic E-state index is 0.345. The smallest absolute Gasteiger partial charge is 0.320 e. The van der Waals surface area contributed by atoms with E-state index in [2.05, 4.69) is 0 Å². The lowest BCUT2D eigenvalue weighted by molar-refractivity contribution is -0.138. The van der Waals surface area contributed by atoms with Gasteiger partial charge in [0.2, 0.25) is 0 Å². The van der Waals surface area contributed by atoms with E-state index in [1.807, 2.05) is 24.3 Å². The Morgan fingerprint density at radius 1 is 1.30 bits per heavy atom. The molecule has 1 atom stereocenters. The fraction of sp³-hybridized carbons (Fsp3) is 0.562. The zero-order chi connectivity index (χ0) is 14.4. The maximum absolute atomic E-state index is 10.7. The molecule has 3 N–H and O–H groups in total. The van der Waals surface area contributed by atoms with Crippen LogP contribution in [0.4, 0.5) is 0 Å². The van der Waals surface area contributed by atoms with Crippen LogP contribution in [-0.4, -0.2) is 23.7 Å². The van der Waals surface area contributed by atoms with Gasteiger partial charge >= 0.3 is 5.97 Å². The van der Waals surface area contributed by atoms with Crippen LogP contribution in [0.25, 0.3) is 0 Å². The van der Waals surface area contributed by atoms with Gasteiger partial charge in [-0.1, -0.05) is 37.8 Å². The summed E-state index contributed by atoms with van der Waals surface area (Å²) < 4.78 is 5.73. The number of hydrogen-bond acceptors (Lipinski definition) is 3. The van der Waals surface area contributed by atoms with Crippen LogP contribution in [0.3, 0.4) is 0 Å². The lowest BCUT2D eigenvalue weighted by Gasteiger charge is -2.11. The molecule has 1 saturated carbocycles. The Balaban J connectivity index is 1.74. The van der Waals surface area contributed by atoms with Crippen molar-refractivity contribution in [1.82, 2.24) is 0 Å². The molecule has 0 heterocycles. The Morgan fingerprint density at radius 3 is 2.55 bits per heavy atom. The van der Waals surface area contributed by atoms with Gasteiger partial charge in [-0.25, -0.2) is 0 Å². The molecule has 110 valence electrons. The number of carboxylic acids is 1. The van der Waals surface area contributed by atoms with Gasteiger partial charge in [-0.2, -0.15) is 0 Å². The minimum atomic E-state index is -0.970. The quantitative estimate of drug-likeness (QED) is 0.803. The molecule has 0 radical (unpaired) electrons. The standard InChI is InChI=1S/C16H23NO3/c17-15(16(18)19)11-13-5-7-14(8-6-13)20-10-9-12-3-1-2-4-12/h5-8,12,15H,1-4,9-11,17H2,(H,18,19)/t15-/m0/s1. The summed E-state index contributed by atoms with van der Waals surface area (Å²) in [6.45, 7) is 0.763. The molecule has 1 fully saturated rings. The van der Waals surface area contributed by atoms with Crippen molar-refractivity contribution in [2.24, 2.45) is 11.7 Å². The summed E-state index contributed by atoms with van der Waals surface area (Å²) in [5.41, 5.74) is 6.43. The van der Waals surface area contributed by atoms with Crippen LogP contribution in [-0.2, 0) is 11.2 Å². The Bertz CT molecular complexity index is 424. The largest absolute Gasteiger partial charge is 0.494 e. The van der Waals surface area contributed by atoms with E-state index in [0.29, 0.717) is 6.42 Å². The van der Waals surface area contributed by atoms with Crippen molar-refractivity contribution < 1.29 is 14.6 Å². The number of carboxylic acid groups (broad SMARTS) is 1. The Hall–Kier alpha value is -1.55. The average Bonchev–Trinajstić information content (AvgIpc) is 2.94. The fourth-order valence-corrected chi connectivity index (χ4v) is 2.71. The molecule has 1 aromatic rings. The maximum Gasteiger partial charge on any atom is 0.320 e. The highest BCUT2D eigenvalue weighted by Gasteiger charge is 2.15. The molecule has 0 aliphatic heterocycles. The molecular weight excluding hydrogens is 254 g/mol. The van der Waals surface area contributed by atoms with Crippen molar-refractivity contribution in [1.29, 1.82) is 0 Å². The molecule has 0 aromatic heterocycles. The Kier molecular flexibility index (Phi) is 5.41. The van der Waals surface area contributed by atoms with Gasteiger partial charge in [0.1, 0.15) is 11.8 Å².